The van der Waals surface area contributed by atoms with Crippen LogP contribution in [0.5, 0.6) is 0 Å². The number of esters is 1. The van der Waals surface area contributed by atoms with Crippen LogP contribution in [0, 0.1) is 0 Å². The highest BCUT2D eigenvalue weighted by atomic mass is 32.2. The van der Waals surface area contributed by atoms with Crippen molar-refractivity contribution in [2.75, 3.05) is 12.4 Å². The van der Waals surface area contributed by atoms with Crippen molar-refractivity contribution >= 4 is 30.0 Å². The van der Waals surface area contributed by atoms with Gasteiger partial charge in [0.2, 0.25) is 6.41 Å². The highest BCUT2D eigenvalue weighted by Gasteiger charge is 2.53. The number of carbonyl (C=O) groups excluding carboxylic acids is 3. The molecule has 2 aromatic carbocycles. The predicted molar refractivity (Wildman–Crippen MR) is 111 cm³/mol. The normalized spacial score (nSPS) is 20.5. The molecule has 4 rings (SSSR count). The Hall–Kier alpha value is -3.10. The topological polar surface area (TPSA) is 95.9 Å². The van der Waals surface area contributed by atoms with Crippen LogP contribution in [-0.2, 0) is 19.1 Å². The number of nitrogens with one attached hydrogen (secondary N) is 1. The van der Waals surface area contributed by atoms with Crippen LogP contribution in [-0.4, -0.2) is 52.1 Å². The van der Waals surface area contributed by atoms with Gasteiger partial charge < -0.3 is 15.2 Å². The van der Waals surface area contributed by atoms with E-state index in [-0.39, 0.29) is 12.3 Å². The van der Waals surface area contributed by atoms with Crippen LogP contribution in [0.3, 0.4) is 0 Å². The summed E-state index contributed by atoms with van der Waals surface area (Å²) >= 11 is 1.39. The summed E-state index contributed by atoms with van der Waals surface area (Å²) in [5, 5.41) is 11.9. The largest absolute Gasteiger partial charge is 0.448 e. The number of carbonyl (C=O) groups is 3. The molecule has 154 valence electrons. The van der Waals surface area contributed by atoms with Crippen LogP contribution in [0.2, 0.25) is 0 Å². The predicted octanol–water partition coefficient (Wildman–Crippen LogP) is 1.60. The van der Waals surface area contributed by atoms with Crippen LogP contribution >= 0.6 is 11.8 Å². The summed E-state index contributed by atoms with van der Waals surface area (Å²) in [4.78, 5) is 37.9. The van der Waals surface area contributed by atoms with Crippen LogP contribution in [0.25, 0.3) is 0 Å². The fourth-order valence-electron chi connectivity index (χ4n) is 3.63. The highest BCUT2D eigenvalue weighted by Crippen LogP contribution is 2.41. The van der Waals surface area contributed by atoms with Gasteiger partial charge in [-0.1, -0.05) is 60.7 Å². The Kier molecular flexibility index (Phi) is 5.87. The van der Waals surface area contributed by atoms with Crippen molar-refractivity contribution in [2.24, 2.45) is 0 Å². The van der Waals surface area contributed by atoms with E-state index in [4.69, 9.17) is 4.74 Å². The van der Waals surface area contributed by atoms with Crippen molar-refractivity contribution in [3.63, 3.8) is 0 Å². The number of aliphatic hydroxyl groups is 1. The number of benzene rings is 2. The molecule has 0 bridgehead atoms. The highest BCUT2D eigenvalue weighted by molar-refractivity contribution is 8.00. The molecular weight excluding hydrogens is 404 g/mol. The van der Waals surface area contributed by atoms with Gasteiger partial charge in [-0.2, -0.15) is 0 Å². The first-order valence-electron chi connectivity index (χ1n) is 9.43. The van der Waals surface area contributed by atoms with Gasteiger partial charge in [0.15, 0.2) is 6.10 Å². The Labute approximate surface area is 177 Å². The molecular formula is C22H20N2O5S. The zero-order chi connectivity index (χ0) is 21.1. The average Bonchev–Trinajstić information content (AvgIpc) is 2.80. The van der Waals surface area contributed by atoms with E-state index in [1.807, 2.05) is 60.7 Å². The molecule has 0 saturated carbocycles. The minimum Gasteiger partial charge on any atom is -0.448 e. The maximum absolute atomic E-state index is 13.2. The van der Waals surface area contributed by atoms with Crippen LogP contribution in [0.4, 0.5) is 0 Å². The Balaban J connectivity index is 1.65. The number of amides is 2. The number of hydrogen-bond donors (Lipinski definition) is 2. The van der Waals surface area contributed by atoms with Gasteiger partial charge in [0.25, 0.3) is 5.91 Å². The molecule has 2 aliphatic rings. The SMILES string of the molecule is O=CNC1C(=O)N2C(C(=O)OC(c3ccccc3)c3ccccc3)=C(CO)CS[C@H]12. The van der Waals surface area contributed by atoms with E-state index in [1.165, 1.54) is 16.7 Å². The van der Waals surface area contributed by atoms with Gasteiger partial charge in [0.1, 0.15) is 17.1 Å². The number of ether oxygens (including phenoxy) is 1. The van der Waals surface area contributed by atoms with Crippen molar-refractivity contribution in [3.8, 4) is 0 Å². The first-order chi connectivity index (χ1) is 14.7. The molecule has 8 heteroatoms. The van der Waals surface area contributed by atoms with Gasteiger partial charge in [0, 0.05) is 5.75 Å². The number of thioether (sulfide) groups is 1. The van der Waals surface area contributed by atoms with E-state index in [9.17, 15) is 19.5 Å². The third kappa shape index (κ3) is 3.59. The number of aliphatic hydroxyl groups excluding tert-OH is 1. The average molecular weight is 424 g/mol. The third-order valence-corrected chi connectivity index (χ3v) is 6.45. The molecule has 2 atom stereocenters. The van der Waals surface area contributed by atoms with Gasteiger partial charge in [-0.05, 0) is 16.7 Å². The van der Waals surface area contributed by atoms with E-state index >= 15 is 0 Å². The Morgan fingerprint density at radius 2 is 1.77 bits per heavy atom. The quantitative estimate of drug-likeness (QED) is 0.398. The van der Waals surface area contributed by atoms with Crippen molar-refractivity contribution < 1.29 is 24.2 Å². The van der Waals surface area contributed by atoms with Gasteiger partial charge in [-0.3, -0.25) is 14.5 Å². The van der Waals surface area contributed by atoms with Gasteiger partial charge >= 0.3 is 5.97 Å². The fraction of sp³-hybridized carbons (Fsp3) is 0.227. The molecule has 2 amide bonds. The van der Waals surface area contributed by atoms with E-state index in [0.29, 0.717) is 17.7 Å². The summed E-state index contributed by atoms with van der Waals surface area (Å²) in [6.45, 7) is -0.360. The molecule has 2 N–H and O–H groups in total. The van der Waals surface area contributed by atoms with Crippen molar-refractivity contribution in [2.45, 2.75) is 17.5 Å². The number of rotatable bonds is 7. The number of β-lactam (4-membered cyclic amide) rings is 1. The van der Waals surface area contributed by atoms with E-state index in [1.54, 1.807) is 0 Å². The molecule has 0 spiro atoms. The molecule has 30 heavy (non-hydrogen) atoms. The zero-order valence-corrected chi connectivity index (χ0v) is 16.7. The molecule has 1 unspecified atom stereocenters. The zero-order valence-electron chi connectivity index (χ0n) is 15.9. The van der Waals surface area contributed by atoms with Crippen molar-refractivity contribution in [1.82, 2.24) is 10.2 Å². The molecule has 0 aromatic heterocycles. The molecule has 2 heterocycles. The minimum atomic E-state index is -0.686. The molecule has 0 radical (unpaired) electrons. The van der Waals surface area contributed by atoms with Crippen LogP contribution in [0.1, 0.15) is 17.2 Å². The molecule has 2 aliphatic heterocycles. The van der Waals surface area contributed by atoms with Crippen molar-refractivity contribution in [3.05, 3.63) is 83.1 Å². The van der Waals surface area contributed by atoms with Gasteiger partial charge in [-0.15, -0.1) is 11.8 Å². The Bertz CT molecular complexity index is 940. The second kappa shape index (κ2) is 8.73. The van der Waals surface area contributed by atoms with E-state index in [0.717, 1.165) is 11.1 Å². The Morgan fingerprint density at radius 3 is 2.30 bits per heavy atom. The van der Waals surface area contributed by atoms with Crippen molar-refractivity contribution in [1.29, 1.82) is 0 Å². The first kappa shape index (κ1) is 20.2. The summed E-state index contributed by atoms with van der Waals surface area (Å²) in [6, 6.07) is 18.0. The summed E-state index contributed by atoms with van der Waals surface area (Å²) < 4.78 is 5.89. The summed E-state index contributed by atoms with van der Waals surface area (Å²) in [6.07, 6.45) is -0.189. The van der Waals surface area contributed by atoms with E-state index < -0.39 is 29.4 Å². The number of fused-ring (bicyclic) bond motifs is 1. The fourth-order valence-corrected chi connectivity index (χ4v) is 4.98. The van der Waals surface area contributed by atoms with Gasteiger partial charge in [0.05, 0.1) is 6.61 Å². The minimum absolute atomic E-state index is 0.0621. The second-order valence-corrected chi connectivity index (χ2v) is 7.99. The van der Waals surface area contributed by atoms with Crippen LogP contribution < -0.4 is 5.32 Å². The molecule has 0 aliphatic carbocycles. The lowest BCUT2D eigenvalue weighted by Crippen LogP contribution is -2.69. The lowest BCUT2D eigenvalue weighted by Gasteiger charge is -2.49. The lowest BCUT2D eigenvalue weighted by atomic mass is 10.0. The Morgan fingerprint density at radius 1 is 1.17 bits per heavy atom. The molecule has 2 aromatic rings. The van der Waals surface area contributed by atoms with Gasteiger partial charge in [-0.25, -0.2) is 4.79 Å². The van der Waals surface area contributed by atoms with E-state index in [2.05, 4.69) is 5.32 Å². The summed E-state index contributed by atoms with van der Waals surface area (Å²) in [5.41, 5.74) is 2.08. The summed E-state index contributed by atoms with van der Waals surface area (Å²) in [5.74, 6) is -0.707. The monoisotopic (exact) mass is 424 g/mol. The summed E-state index contributed by atoms with van der Waals surface area (Å²) in [7, 11) is 0. The molecule has 7 nitrogen and oxygen atoms in total. The molecule has 1 fully saturated rings. The smallest absolute Gasteiger partial charge is 0.356 e. The lowest BCUT2D eigenvalue weighted by molar-refractivity contribution is -0.154. The second-order valence-electron chi connectivity index (χ2n) is 6.89. The number of nitrogens with zero attached hydrogens (tertiary/aromatic N) is 1. The molecule has 1 saturated heterocycles. The van der Waals surface area contributed by atoms with Crippen LogP contribution in [0.15, 0.2) is 71.9 Å². The number of hydrogen-bond acceptors (Lipinski definition) is 6. The maximum Gasteiger partial charge on any atom is 0.356 e. The standard InChI is InChI=1S/C22H20N2O5S/c25-11-16-12-30-21-17(23-13-26)20(27)24(21)18(16)22(28)29-19(14-7-3-1-4-8-14)15-9-5-2-6-10-15/h1-10,13,17,19,21,25H,11-12H2,(H,23,26)/t17?,21-/m1/s1. The first-order valence-corrected chi connectivity index (χ1v) is 10.5. The maximum atomic E-state index is 13.2. The third-order valence-electron chi connectivity index (χ3n) is 5.11.